The Kier molecular flexibility index (Phi) is 4.41. The van der Waals surface area contributed by atoms with Gasteiger partial charge in [0.15, 0.2) is 0 Å². The molecule has 0 saturated carbocycles. The molecule has 2 rings (SSSR count). The molecule has 100 valence electrons. The van der Waals surface area contributed by atoms with Crippen LogP contribution in [0.3, 0.4) is 0 Å². The van der Waals surface area contributed by atoms with Crippen LogP contribution in [0.4, 0.5) is 0 Å². The first kappa shape index (κ1) is 13.4. The third kappa shape index (κ3) is 3.48. The van der Waals surface area contributed by atoms with Crippen molar-refractivity contribution in [1.29, 1.82) is 0 Å². The van der Waals surface area contributed by atoms with Gasteiger partial charge in [-0.05, 0) is 31.5 Å². The van der Waals surface area contributed by atoms with Crippen LogP contribution in [0.15, 0.2) is 36.2 Å². The van der Waals surface area contributed by atoms with E-state index in [-0.39, 0.29) is 11.8 Å². The predicted molar refractivity (Wildman–Crippen MR) is 71.0 cm³/mol. The molecule has 0 aromatic carbocycles. The molecule has 5 nitrogen and oxygen atoms in total. The van der Waals surface area contributed by atoms with Gasteiger partial charge in [0, 0.05) is 37.1 Å². The minimum Gasteiger partial charge on any atom is -0.313 e. The summed E-state index contributed by atoms with van der Waals surface area (Å²) in [5.41, 5.74) is 1.64. The van der Waals surface area contributed by atoms with Gasteiger partial charge in [-0.25, -0.2) is 0 Å². The van der Waals surface area contributed by atoms with Crippen molar-refractivity contribution in [3.8, 4) is 0 Å². The largest absolute Gasteiger partial charge is 0.313 e. The lowest BCUT2D eigenvalue weighted by atomic mass is 10.3. The van der Waals surface area contributed by atoms with E-state index in [4.69, 9.17) is 0 Å². The molecular weight excluding hydrogens is 242 g/mol. The van der Waals surface area contributed by atoms with Gasteiger partial charge in [-0.3, -0.25) is 19.5 Å². The number of imide groups is 1. The maximum absolute atomic E-state index is 11.6. The highest BCUT2D eigenvalue weighted by Crippen LogP contribution is 2.11. The average molecular weight is 259 g/mol. The van der Waals surface area contributed by atoms with Gasteiger partial charge in [0.05, 0.1) is 0 Å². The van der Waals surface area contributed by atoms with Crippen LogP contribution >= 0.6 is 0 Å². The maximum atomic E-state index is 11.6. The molecule has 2 heterocycles. The molecule has 1 aromatic heterocycles. The number of nitrogens with zero attached hydrogens (tertiary/aromatic N) is 2. The lowest BCUT2D eigenvalue weighted by Crippen LogP contribution is -2.33. The highest BCUT2D eigenvalue weighted by molar-refractivity contribution is 6.15. The van der Waals surface area contributed by atoms with Crippen LogP contribution in [0.5, 0.6) is 0 Å². The summed E-state index contributed by atoms with van der Waals surface area (Å²) in [6.07, 6.45) is 5.70. The minimum atomic E-state index is -0.199. The number of nitrogens with one attached hydrogen (secondary N) is 1. The summed E-state index contributed by atoms with van der Waals surface area (Å²) in [5.74, 6) is -0.369. The van der Waals surface area contributed by atoms with Gasteiger partial charge < -0.3 is 5.32 Å². The number of aromatic nitrogens is 1. The SMILES string of the molecule is CC1=CC(=O)N(CCCNCc2cccnc2)C1=O. The van der Waals surface area contributed by atoms with Crippen LogP contribution in [0, 0.1) is 0 Å². The Morgan fingerprint density at radius 3 is 2.84 bits per heavy atom. The number of hydrogen-bond donors (Lipinski definition) is 1. The van der Waals surface area contributed by atoms with Gasteiger partial charge in [-0.15, -0.1) is 0 Å². The summed E-state index contributed by atoms with van der Waals surface area (Å²) < 4.78 is 0. The molecule has 1 aliphatic rings. The van der Waals surface area contributed by atoms with Crippen molar-refractivity contribution in [2.75, 3.05) is 13.1 Å². The second-order valence-corrected chi connectivity index (χ2v) is 4.51. The standard InChI is InChI=1S/C14H17N3O2/c1-11-8-13(18)17(14(11)19)7-3-6-16-10-12-4-2-5-15-9-12/h2,4-5,8-9,16H,3,6-7,10H2,1H3. The van der Waals surface area contributed by atoms with Gasteiger partial charge in [0.25, 0.3) is 11.8 Å². The van der Waals surface area contributed by atoms with Gasteiger partial charge in [0.1, 0.15) is 0 Å². The van der Waals surface area contributed by atoms with Gasteiger partial charge in [0.2, 0.25) is 0 Å². The van der Waals surface area contributed by atoms with E-state index < -0.39 is 0 Å². The van der Waals surface area contributed by atoms with E-state index in [2.05, 4.69) is 10.3 Å². The van der Waals surface area contributed by atoms with Crippen LogP contribution in [0.2, 0.25) is 0 Å². The molecule has 0 bridgehead atoms. The number of amides is 2. The second-order valence-electron chi connectivity index (χ2n) is 4.51. The first-order valence-electron chi connectivity index (χ1n) is 6.32. The first-order valence-corrected chi connectivity index (χ1v) is 6.32. The molecule has 19 heavy (non-hydrogen) atoms. The Bertz CT molecular complexity index is 497. The van der Waals surface area contributed by atoms with Crippen molar-refractivity contribution < 1.29 is 9.59 Å². The van der Waals surface area contributed by atoms with Gasteiger partial charge in [-0.1, -0.05) is 6.07 Å². The molecule has 1 aromatic rings. The zero-order chi connectivity index (χ0) is 13.7. The smallest absolute Gasteiger partial charge is 0.256 e. The van der Waals surface area contributed by atoms with Crippen LogP contribution in [-0.2, 0) is 16.1 Å². The number of hydrogen-bond acceptors (Lipinski definition) is 4. The average Bonchev–Trinajstić information content (AvgIpc) is 2.65. The highest BCUT2D eigenvalue weighted by atomic mass is 16.2. The summed E-state index contributed by atoms with van der Waals surface area (Å²) in [6.45, 7) is 3.63. The second kappa shape index (κ2) is 6.24. The zero-order valence-corrected chi connectivity index (χ0v) is 10.9. The molecule has 0 atom stereocenters. The Labute approximate surface area is 112 Å². The summed E-state index contributed by atoms with van der Waals surface area (Å²) in [6, 6.07) is 3.90. The number of rotatable bonds is 6. The molecule has 0 saturated heterocycles. The van der Waals surface area contributed by atoms with Crippen molar-refractivity contribution in [1.82, 2.24) is 15.2 Å². The van der Waals surface area contributed by atoms with Crippen molar-refractivity contribution in [3.63, 3.8) is 0 Å². The third-order valence-electron chi connectivity index (χ3n) is 2.98. The molecule has 1 N–H and O–H groups in total. The molecule has 0 aliphatic carbocycles. The molecule has 5 heteroatoms. The first-order chi connectivity index (χ1) is 9.18. The molecular formula is C14H17N3O2. The molecule has 0 fully saturated rings. The zero-order valence-electron chi connectivity index (χ0n) is 10.9. The van der Waals surface area contributed by atoms with Crippen molar-refractivity contribution in [2.45, 2.75) is 19.9 Å². The Morgan fingerprint density at radius 2 is 2.21 bits per heavy atom. The Hall–Kier alpha value is -2.01. The fourth-order valence-corrected chi connectivity index (χ4v) is 1.95. The van der Waals surface area contributed by atoms with Crippen LogP contribution in [-0.4, -0.2) is 34.8 Å². The van der Waals surface area contributed by atoms with E-state index in [9.17, 15) is 9.59 Å². The van der Waals surface area contributed by atoms with E-state index in [1.54, 1.807) is 13.1 Å². The van der Waals surface area contributed by atoms with Crippen LogP contribution in [0.1, 0.15) is 18.9 Å². The van der Waals surface area contributed by atoms with Crippen LogP contribution < -0.4 is 5.32 Å². The lowest BCUT2D eigenvalue weighted by molar-refractivity contribution is -0.137. The number of pyridine rings is 1. The normalized spacial score (nSPS) is 15.0. The quantitative estimate of drug-likeness (QED) is 0.608. The fourth-order valence-electron chi connectivity index (χ4n) is 1.95. The number of carbonyl (C=O) groups excluding carboxylic acids is 2. The van der Waals surface area contributed by atoms with Crippen molar-refractivity contribution in [3.05, 3.63) is 41.7 Å². The summed E-state index contributed by atoms with van der Waals surface area (Å²) in [5, 5.41) is 3.26. The van der Waals surface area contributed by atoms with E-state index in [1.165, 1.54) is 11.0 Å². The molecule has 2 amide bonds. The molecule has 1 aliphatic heterocycles. The summed E-state index contributed by atoms with van der Waals surface area (Å²) in [4.78, 5) is 28.4. The van der Waals surface area contributed by atoms with E-state index in [0.29, 0.717) is 12.1 Å². The van der Waals surface area contributed by atoms with Gasteiger partial charge >= 0.3 is 0 Å². The highest BCUT2D eigenvalue weighted by Gasteiger charge is 2.27. The molecule has 0 spiro atoms. The minimum absolute atomic E-state index is 0.169. The summed E-state index contributed by atoms with van der Waals surface area (Å²) >= 11 is 0. The summed E-state index contributed by atoms with van der Waals surface area (Å²) in [7, 11) is 0. The van der Waals surface area contributed by atoms with Crippen molar-refractivity contribution in [2.24, 2.45) is 0 Å². The fraction of sp³-hybridized carbons (Fsp3) is 0.357. The topological polar surface area (TPSA) is 62.3 Å². The van der Waals surface area contributed by atoms with Crippen molar-refractivity contribution >= 4 is 11.8 Å². The lowest BCUT2D eigenvalue weighted by Gasteiger charge is -2.14. The predicted octanol–water partition coefficient (Wildman–Crippen LogP) is 0.876. The van der Waals surface area contributed by atoms with Crippen LogP contribution in [0.25, 0.3) is 0 Å². The Morgan fingerprint density at radius 1 is 1.37 bits per heavy atom. The van der Waals surface area contributed by atoms with E-state index in [1.807, 2.05) is 18.3 Å². The molecule has 0 unspecified atom stereocenters. The monoisotopic (exact) mass is 259 g/mol. The van der Waals surface area contributed by atoms with E-state index >= 15 is 0 Å². The Balaban J connectivity index is 1.65. The van der Waals surface area contributed by atoms with E-state index in [0.717, 1.165) is 25.1 Å². The maximum Gasteiger partial charge on any atom is 0.256 e. The number of carbonyl (C=O) groups is 2. The van der Waals surface area contributed by atoms with Gasteiger partial charge in [-0.2, -0.15) is 0 Å². The molecule has 0 radical (unpaired) electrons. The third-order valence-corrected chi connectivity index (χ3v) is 2.98.